The zero-order valence-electron chi connectivity index (χ0n) is 9.25. The minimum absolute atomic E-state index is 0.0644. The summed E-state index contributed by atoms with van der Waals surface area (Å²) in [6, 6.07) is 0. The van der Waals surface area contributed by atoms with E-state index < -0.39 is 0 Å². The molecule has 1 heterocycles. The molecule has 1 aliphatic rings. The minimum atomic E-state index is -0.0644. The van der Waals surface area contributed by atoms with E-state index in [9.17, 15) is 5.11 Å². The molecule has 1 rings (SSSR count). The van der Waals surface area contributed by atoms with Crippen molar-refractivity contribution in [2.45, 2.75) is 18.4 Å². The molecule has 0 aromatic carbocycles. The van der Waals surface area contributed by atoms with E-state index in [2.05, 4.69) is 17.3 Å². The second-order valence-corrected chi connectivity index (χ2v) is 4.16. The number of methoxy groups -OCH3 is 1. The summed E-state index contributed by atoms with van der Waals surface area (Å²) in [6.45, 7) is 3.87. The standard InChI is InChI=1S/C10H22N2O2/c1-12-6-3-10(9-13,4-7-12)11-5-8-14-2/h11,13H,3-9H2,1-2H3. The van der Waals surface area contributed by atoms with Crippen molar-refractivity contribution in [3.63, 3.8) is 0 Å². The van der Waals surface area contributed by atoms with Crippen molar-refractivity contribution in [2.75, 3.05) is 47.0 Å². The van der Waals surface area contributed by atoms with E-state index in [1.54, 1.807) is 7.11 Å². The molecule has 0 aliphatic carbocycles. The van der Waals surface area contributed by atoms with E-state index in [1.165, 1.54) is 0 Å². The fourth-order valence-corrected chi connectivity index (χ4v) is 1.86. The highest BCUT2D eigenvalue weighted by atomic mass is 16.5. The van der Waals surface area contributed by atoms with Crippen molar-refractivity contribution >= 4 is 0 Å². The summed E-state index contributed by atoms with van der Waals surface area (Å²) in [4.78, 5) is 2.30. The van der Waals surface area contributed by atoms with Gasteiger partial charge in [0, 0.05) is 19.2 Å². The Kier molecular flexibility index (Phi) is 4.81. The van der Waals surface area contributed by atoms with Crippen LogP contribution in [0.4, 0.5) is 0 Å². The lowest BCUT2D eigenvalue weighted by Crippen LogP contribution is -2.55. The molecule has 4 nitrogen and oxygen atoms in total. The molecule has 2 N–H and O–H groups in total. The predicted octanol–water partition coefficient (Wildman–Crippen LogP) is -0.321. The van der Waals surface area contributed by atoms with Crippen LogP contribution >= 0.6 is 0 Å². The van der Waals surface area contributed by atoms with Gasteiger partial charge in [0.25, 0.3) is 0 Å². The Morgan fingerprint density at radius 2 is 2.07 bits per heavy atom. The fraction of sp³-hybridized carbons (Fsp3) is 1.00. The molecule has 14 heavy (non-hydrogen) atoms. The number of ether oxygens (including phenoxy) is 1. The van der Waals surface area contributed by atoms with E-state index in [4.69, 9.17) is 4.74 Å². The van der Waals surface area contributed by atoms with E-state index in [1.807, 2.05) is 0 Å². The van der Waals surface area contributed by atoms with E-state index >= 15 is 0 Å². The molecule has 0 saturated carbocycles. The van der Waals surface area contributed by atoms with Gasteiger partial charge in [-0.1, -0.05) is 0 Å². The highest BCUT2D eigenvalue weighted by Crippen LogP contribution is 2.20. The molecular weight excluding hydrogens is 180 g/mol. The summed E-state index contributed by atoms with van der Waals surface area (Å²) in [7, 11) is 3.82. The van der Waals surface area contributed by atoms with Gasteiger partial charge in [-0.15, -0.1) is 0 Å². The van der Waals surface area contributed by atoms with Crippen LogP contribution < -0.4 is 5.32 Å². The van der Waals surface area contributed by atoms with Gasteiger partial charge in [0.15, 0.2) is 0 Å². The van der Waals surface area contributed by atoms with E-state index in [0.717, 1.165) is 32.5 Å². The third-order valence-electron chi connectivity index (χ3n) is 3.05. The monoisotopic (exact) mass is 202 g/mol. The Hall–Kier alpha value is -0.160. The zero-order valence-corrected chi connectivity index (χ0v) is 9.25. The summed E-state index contributed by atoms with van der Waals surface area (Å²) in [6.07, 6.45) is 2.04. The Labute approximate surface area is 86.2 Å². The molecule has 0 radical (unpaired) electrons. The first-order valence-corrected chi connectivity index (χ1v) is 5.26. The number of rotatable bonds is 5. The quantitative estimate of drug-likeness (QED) is 0.600. The number of nitrogens with zero attached hydrogens (tertiary/aromatic N) is 1. The van der Waals surface area contributed by atoms with Crippen LogP contribution in [0.2, 0.25) is 0 Å². The molecule has 1 aliphatic heterocycles. The number of aliphatic hydroxyl groups is 1. The molecule has 4 heteroatoms. The van der Waals surface area contributed by atoms with Crippen LogP contribution in [0.1, 0.15) is 12.8 Å². The minimum Gasteiger partial charge on any atom is -0.394 e. The van der Waals surface area contributed by atoms with Crippen molar-refractivity contribution in [1.29, 1.82) is 0 Å². The highest BCUT2D eigenvalue weighted by Gasteiger charge is 2.32. The van der Waals surface area contributed by atoms with Crippen molar-refractivity contribution in [2.24, 2.45) is 0 Å². The second kappa shape index (κ2) is 5.66. The average molecular weight is 202 g/mol. The average Bonchev–Trinajstić information content (AvgIpc) is 2.22. The first-order chi connectivity index (χ1) is 6.72. The maximum absolute atomic E-state index is 9.41. The Bertz CT molecular complexity index is 156. The molecule has 0 amide bonds. The van der Waals surface area contributed by atoms with Crippen molar-refractivity contribution in [1.82, 2.24) is 10.2 Å². The molecule has 0 atom stereocenters. The number of likely N-dealkylation sites (tertiary alicyclic amines) is 1. The number of hydrogen-bond donors (Lipinski definition) is 2. The normalized spacial score (nSPS) is 22.5. The Morgan fingerprint density at radius 3 is 2.57 bits per heavy atom. The zero-order chi connectivity index (χ0) is 10.4. The number of hydrogen-bond acceptors (Lipinski definition) is 4. The predicted molar refractivity (Wildman–Crippen MR) is 56.4 cm³/mol. The van der Waals surface area contributed by atoms with Crippen LogP contribution in [0.15, 0.2) is 0 Å². The fourth-order valence-electron chi connectivity index (χ4n) is 1.86. The summed E-state index contributed by atoms with van der Waals surface area (Å²) in [5.41, 5.74) is -0.0644. The molecule has 84 valence electrons. The van der Waals surface area contributed by atoms with E-state index in [0.29, 0.717) is 6.61 Å². The SMILES string of the molecule is COCCNC1(CO)CCN(C)CC1. The van der Waals surface area contributed by atoms with Gasteiger partial charge in [0.1, 0.15) is 0 Å². The molecular formula is C10H22N2O2. The first kappa shape index (κ1) is 11.9. The lowest BCUT2D eigenvalue weighted by molar-refractivity contribution is 0.0808. The van der Waals surface area contributed by atoms with Gasteiger partial charge in [-0.2, -0.15) is 0 Å². The molecule has 1 saturated heterocycles. The second-order valence-electron chi connectivity index (χ2n) is 4.16. The van der Waals surface area contributed by atoms with Crippen LogP contribution in [0.3, 0.4) is 0 Å². The van der Waals surface area contributed by atoms with Gasteiger partial charge < -0.3 is 20.1 Å². The number of aliphatic hydroxyl groups excluding tert-OH is 1. The summed E-state index contributed by atoms with van der Waals surface area (Å²) >= 11 is 0. The largest absolute Gasteiger partial charge is 0.394 e. The molecule has 0 aromatic rings. The third-order valence-corrected chi connectivity index (χ3v) is 3.05. The smallest absolute Gasteiger partial charge is 0.0614 e. The van der Waals surface area contributed by atoms with Crippen LogP contribution in [0.5, 0.6) is 0 Å². The van der Waals surface area contributed by atoms with Gasteiger partial charge >= 0.3 is 0 Å². The van der Waals surface area contributed by atoms with Crippen molar-refractivity contribution in [3.8, 4) is 0 Å². The van der Waals surface area contributed by atoms with Gasteiger partial charge in [-0.25, -0.2) is 0 Å². The highest BCUT2D eigenvalue weighted by molar-refractivity contribution is 4.92. The van der Waals surface area contributed by atoms with Gasteiger partial charge in [0.05, 0.1) is 13.2 Å². The van der Waals surface area contributed by atoms with Crippen molar-refractivity contribution < 1.29 is 9.84 Å². The first-order valence-electron chi connectivity index (χ1n) is 5.26. The molecule has 0 bridgehead atoms. The van der Waals surface area contributed by atoms with E-state index in [-0.39, 0.29) is 12.1 Å². The lowest BCUT2D eigenvalue weighted by atomic mass is 9.88. The van der Waals surface area contributed by atoms with Crippen LogP contribution in [0, 0.1) is 0 Å². The lowest BCUT2D eigenvalue weighted by Gasteiger charge is -2.40. The summed E-state index contributed by atoms with van der Waals surface area (Å²) < 4.78 is 4.99. The van der Waals surface area contributed by atoms with Gasteiger partial charge in [-0.3, -0.25) is 0 Å². The summed E-state index contributed by atoms with van der Waals surface area (Å²) in [5.74, 6) is 0. The summed E-state index contributed by atoms with van der Waals surface area (Å²) in [5, 5.41) is 12.8. The molecule has 0 spiro atoms. The third kappa shape index (κ3) is 3.20. The topological polar surface area (TPSA) is 44.7 Å². The molecule has 1 fully saturated rings. The van der Waals surface area contributed by atoms with Crippen LogP contribution in [-0.4, -0.2) is 62.6 Å². The maximum Gasteiger partial charge on any atom is 0.0614 e. The Morgan fingerprint density at radius 1 is 1.43 bits per heavy atom. The van der Waals surface area contributed by atoms with Crippen molar-refractivity contribution in [3.05, 3.63) is 0 Å². The number of piperidine rings is 1. The molecule has 0 aromatic heterocycles. The molecule has 0 unspecified atom stereocenters. The maximum atomic E-state index is 9.41. The number of nitrogens with one attached hydrogen (secondary N) is 1. The van der Waals surface area contributed by atoms with Crippen LogP contribution in [0.25, 0.3) is 0 Å². The van der Waals surface area contributed by atoms with Crippen LogP contribution in [-0.2, 0) is 4.74 Å². The Balaban J connectivity index is 2.34. The van der Waals surface area contributed by atoms with Gasteiger partial charge in [-0.05, 0) is 33.0 Å². The van der Waals surface area contributed by atoms with Gasteiger partial charge in [0.2, 0.25) is 0 Å².